The monoisotopic (exact) mass is 264 g/mol. The number of hydrogen-bond donors (Lipinski definition) is 0. The minimum Gasteiger partial charge on any atom is -0.361 e. The van der Waals surface area contributed by atoms with Gasteiger partial charge in [0.05, 0.1) is 6.61 Å². The fourth-order valence-corrected chi connectivity index (χ4v) is 2.80. The molecule has 5 nitrogen and oxygen atoms in total. The summed E-state index contributed by atoms with van der Waals surface area (Å²) in [5, 5.41) is 0. The first-order chi connectivity index (χ1) is 9.36. The number of epoxide rings is 1. The average Bonchev–Trinajstić information content (AvgIpc) is 3.27. The Bertz CT molecular complexity index is 450. The van der Waals surface area contributed by atoms with Gasteiger partial charge in [-0.3, -0.25) is 0 Å². The third-order valence-electron chi connectivity index (χ3n) is 3.83. The van der Waals surface area contributed by atoms with Crippen molar-refractivity contribution in [2.45, 2.75) is 37.0 Å². The van der Waals surface area contributed by atoms with Crippen LogP contribution in [0.1, 0.15) is 11.9 Å². The topological polar surface area (TPSA) is 49.5 Å². The van der Waals surface area contributed by atoms with Gasteiger partial charge in [0.25, 0.3) is 0 Å². The first kappa shape index (κ1) is 11.8. The maximum absolute atomic E-state index is 6.00. The molecule has 4 rings (SSSR count). The van der Waals surface area contributed by atoms with E-state index in [0.717, 1.165) is 5.56 Å². The van der Waals surface area contributed by atoms with Crippen molar-refractivity contribution in [3.63, 3.8) is 0 Å². The zero-order chi connectivity index (χ0) is 12.8. The van der Waals surface area contributed by atoms with Crippen LogP contribution in [-0.4, -0.2) is 44.4 Å². The third-order valence-corrected chi connectivity index (χ3v) is 3.83. The molecular weight excluding hydrogens is 248 g/mol. The van der Waals surface area contributed by atoms with E-state index < -0.39 is 0 Å². The van der Waals surface area contributed by atoms with Crippen molar-refractivity contribution in [2.75, 3.05) is 13.7 Å². The Morgan fingerprint density at radius 2 is 1.84 bits per heavy atom. The normalized spacial score (nSPS) is 44.3. The number of methoxy groups -OCH3 is 1. The second kappa shape index (κ2) is 4.54. The molecule has 1 aromatic carbocycles. The van der Waals surface area contributed by atoms with Crippen molar-refractivity contribution in [3.8, 4) is 0 Å². The summed E-state index contributed by atoms with van der Waals surface area (Å²) < 4.78 is 28.4. The minimum atomic E-state index is -0.338. The van der Waals surface area contributed by atoms with E-state index in [1.54, 1.807) is 7.11 Å². The Kier molecular flexibility index (Phi) is 2.82. The summed E-state index contributed by atoms with van der Waals surface area (Å²) in [5.41, 5.74) is 1.02. The van der Waals surface area contributed by atoms with E-state index in [2.05, 4.69) is 0 Å². The molecule has 3 aliphatic heterocycles. The predicted molar refractivity (Wildman–Crippen MR) is 64.3 cm³/mol. The number of fused-ring (bicyclic) bond motifs is 3. The molecule has 0 N–H and O–H groups in total. The fraction of sp³-hybridized carbons (Fsp3) is 0.571. The highest BCUT2D eigenvalue weighted by Gasteiger charge is 2.60. The zero-order valence-corrected chi connectivity index (χ0v) is 10.6. The van der Waals surface area contributed by atoms with E-state index in [1.807, 2.05) is 30.3 Å². The lowest BCUT2D eigenvalue weighted by molar-refractivity contribution is -0.304. The summed E-state index contributed by atoms with van der Waals surface area (Å²) in [6, 6.07) is 9.92. The summed E-state index contributed by atoms with van der Waals surface area (Å²) in [7, 11) is 1.63. The molecule has 0 bridgehead atoms. The highest BCUT2D eigenvalue weighted by atomic mass is 16.8. The van der Waals surface area contributed by atoms with Gasteiger partial charge in [0.2, 0.25) is 0 Å². The molecule has 0 aromatic heterocycles. The van der Waals surface area contributed by atoms with E-state index in [9.17, 15) is 0 Å². The summed E-state index contributed by atoms with van der Waals surface area (Å²) in [6.45, 7) is 0.497. The second-order valence-corrected chi connectivity index (χ2v) is 5.02. The largest absolute Gasteiger partial charge is 0.361 e. The van der Waals surface area contributed by atoms with Gasteiger partial charge in [0.15, 0.2) is 12.6 Å². The van der Waals surface area contributed by atoms with Gasteiger partial charge in [0, 0.05) is 12.7 Å². The number of hydrogen-bond acceptors (Lipinski definition) is 5. The van der Waals surface area contributed by atoms with Crippen LogP contribution in [-0.2, 0) is 23.7 Å². The van der Waals surface area contributed by atoms with Gasteiger partial charge in [-0.25, -0.2) is 0 Å². The summed E-state index contributed by atoms with van der Waals surface area (Å²) in [5.74, 6) is 0. The number of benzene rings is 1. The number of ether oxygens (including phenoxy) is 5. The van der Waals surface area contributed by atoms with E-state index in [4.69, 9.17) is 23.7 Å². The smallest absolute Gasteiger partial charge is 0.186 e. The number of rotatable bonds is 2. The molecule has 3 saturated heterocycles. The van der Waals surface area contributed by atoms with E-state index in [1.165, 1.54) is 0 Å². The van der Waals surface area contributed by atoms with Crippen LogP contribution in [0.5, 0.6) is 0 Å². The molecule has 3 unspecified atom stereocenters. The molecular formula is C14H16O5. The van der Waals surface area contributed by atoms with E-state index in [0.29, 0.717) is 6.61 Å². The molecule has 6 atom stereocenters. The Morgan fingerprint density at radius 3 is 2.63 bits per heavy atom. The van der Waals surface area contributed by atoms with Gasteiger partial charge in [-0.15, -0.1) is 0 Å². The molecule has 102 valence electrons. The van der Waals surface area contributed by atoms with Crippen molar-refractivity contribution >= 4 is 0 Å². The molecule has 3 aliphatic rings. The molecule has 3 heterocycles. The zero-order valence-electron chi connectivity index (χ0n) is 10.6. The summed E-state index contributed by atoms with van der Waals surface area (Å²) in [6.07, 6.45) is -0.759. The van der Waals surface area contributed by atoms with Crippen LogP contribution in [0.25, 0.3) is 0 Å². The molecule has 0 spiro atoms. The van der Waals surface area contributed by atoms with Crippen LogP contribution < -0.4 is 0 Å². The highest BCUT2D eigenvalue weighted by Crippen LogP contribution is 2.43. The van der Waals surface area contributed by atoms with Crippen molar-refractivity contribution in [1.29, 1.82) is 0 Å². The molecule has 1 aromatic rings. The van der Waals surface area contributed by atoms with Gasteiger partial charge < -0.3 is 23.7 Å². The van der Waals surface area contributed by atoms with Crippen molar-refractivity contribution in [1.82, 2.24) is 0 Å². The van der Waals surface area contributed by atoms with Gasteiger partial charge in [-0.2, -0.15) is 0 Å². The molecule has 3 fully saturated rings. The van der Waals surface area contributed by atoms with Crippen molar-refractivity contribution in [2.24, 2.45) is 0 Å². The minimum absolute atomic E-state index is 0.000716. The molecule has 0 saturated carbocycles. The Hall–Kier alpha value is -0.980. The van der Waals surface area contributed by atoms with E-state index in [-0.39, 0.29) is 37.0 Å². The average molecular weight is 264 g/mol. The maximum Gasteiger partial charge on any atom is 0.186 e. The first-order valence-electron chi connectivity index (χ1n) is 6.52. The molecule has 19 heavy (non-hydrogen) atoms. The van der Waals surface area contributed by atoms with Gasteiger partial charge in [0.1, 0.15) is 24.4 Å². The SMILES string of the molecule is COC1OC2COC(c3ccccc3)O[C@H]2[C@@H]2O[C@H]12. The van der Waals surface area contributed by atoms with Crippen molar-refractivity contribution < 1.29 is 23.7 Å². The maximum atomic E-state index is 6.00. The lowest BCUT2D eigenvalue weighted by atomic mass is 10.0. The van der Waals surface area contributed by atoms with Crippen LogP contribution in [0.2, 0.25) is 0 Å². The quantitative estimate of drug-likeness (QED) is 0.752. The van der Waals surface area contributed by atoms with Gasteiger partial charge in [-0.05, 0) is 0 Å². The summed E-state index contributed by atoms with van der Waals surface area (Å²) in [4.78, 5) is 0. The third kappa shape index (κ3) is 1.98. The standard InChI is InChI=1S/C14H16O5/c1-15-14-12-11(18-12)10-9(17-14)7-16-13(19-10)8-5-3-2-4-6-8/h2-6,9-14H,7H2,1H3/t9?,10-,11+,12+,13?,14?/m1/s1. The first-order valence-corrected chi connectivity index (χ1v) is 6.52. The lowest BCUT2D eigenvalue weighted by Gasteiger charge is -2.39. The predicted octanol–water partition coefficient (Wildman–Crippen LogP) is 1.24. The highest BCUT2D eigenvalue weighted by molar-refractivity contribution is 5.17. The van der Waals surface area contributed by atoms with Crippen LogP contribution in [0.15, 0.2) is 30.3 Å². The molecule has 5 heteroatoms. The van der Waals surface area contributed by atoms with Crippen LogP contribution in [0.4, 0.5) is 0 Å². The van der Waals surface area contributed by atoms with Crippen LogP contribution in [0.3, 0.4) is 0 Å². The van der Waals surface area contributed by atoms with Gasteiger partial charge in [-0.1, -0.05) is 30.3 Å². The molecule has 0 aliphatic carbocycles. The van der Waals surface area contributed by atoms with Crippen LogP contribution in [0, 0.1) is 0 Å². The lowest BCUT2D eigenvalue weighted by Crippen LogP contribution is -2.52. The Balaban J connectivity index is 1.50. The Morgan fingerprint density at radius 1 is 1.00 bits per heavy atom. The second-order valence-electron chi connectivity index (χ2n) is 5.02. The van der Waals surface area contributed by atoms with E-state index >= 15 is 0 Å². The summed E-state index contributed by atoms with van der Waals surface area (Å²) >= 11 is 0. The fourth-order valence-electron chi connectivity index (χ4n) is 2.80. The molecule has 0 radical (unpaired) electrons. The molecule has 0 amide bonds. The van der Waals surface area contributed by atoms with Gasteiger partial charge >= 0.3 is 0 Å². The van der Waals surface area contributed by atoms with Crippen LogP contribution >= 0.6 is 0 Å². The van der Waals surface area contributed by atoms with Crippen molar-refractivity contribution in [3.05, 3.63) is 35.9 Å². The Labute approximate surface area is 111 Å².